The van der Waals surface area contributed by atoms with Crippen molar-refractivity contribution in [2.75, 3.05) is 39.8 Å². The highest BCUT2D eigenvalue weighted by molar-refractivity contribution is 7.07. The summed E-state index contributed by atoms with van der Waals surface area (Å²) < 4.78 is 18.5. The van der Waals surface area contributed by atoms with Gasteiger partial charge >= 0.3 is 5.97 Å². The first-order chi connectivity index (χ1) is 17.3. The number of ether oxygens (including phenoxy) is 3. The van der Waals surface area contributed by atoms with Crippen LogP contribution in [0, 0.1) is 0 Å². The van der Waals surface area contributed by atoms with Crippen LogP contribution in [0.15, 0.2) is 63.5 Å². The van der Waals surface area contributed by atoms with Gasteiger partial charge in [-0.25, -0.2) is 9.79 Å². The maximum atomic E-state index is 13.8. The lowest BCUT2D eigenvalue weighted by Crippen LogP contribution is -2.40. The Bertz CT molecular complexity index is 1500. The van der Waals surface area contributed by atoms with E-state index in [0.29, 0.717) is 32.1 Å². The Kier molecular flexibility index (Phi) is 7.30. The van der Waals surface area contributed by atoms with E-state index in [-0.39, 0.29) is 17.7 Å². The van der Waals surface area contributed by atoms with Gasteiger partial charge in [-0.2, -0.15) is 0 Å². The molecular weight excluding hydrogens is 478 g/mol. The lowest BCUT2D eigenvalue weighted by atomic mass is 9.94. The molecular formula is C27H29N3O5S. The molecule has 0 saturated heterocycles. The van der Waals surface area contributed by atoms with E-state index in [1.807, 2.05) is 49.3 Å². The number of aromatic nitrogens is 1. The summed E-state index contributed by atoms with van der Waals surface area (Å²) in [6.45, 7) is 3.69. The maximum Gasteiger partial charge on any atom is 0.338 e. The highest BCUT2D eigenvalue weighted by atomic mass is 32.1. The summed E-state index contributed by atoms with van der Waals surface area (Å²) in [6.07, 6.45) is 1.84. The summed E-state index contributed by atoms with van der Waals surface area (Å²) in [5.74, 6) is 0.570. The van der Waals surface area contributed by atoms with Crippen LogP contribution in [0.2, 0.25) is 0 Å². The summed E-state index contributed by atoms with van der Waals surface area (Å²) in [5, 5.41) is 0. The number of carbonyl (C=O) groups is 1. The summed E-state index contributed by atoms with van der Waals surface area (Å²) in [4.78, 5) is 34.0. The molecule has 3 aromatic rings. The fourth-order valence-corrected chi connectivity index (χ4v) is 5.21. The van der Waals surface area contributed by atoms with Gasteiger partial charge in [0.15, 0.2) is 4.80 Å². The van der Waals surface area contributed by atoms with E-state index in [9.17, 15) is 9.59 Å². The number of hydrogen-bond acceptors (Lipinski definition) is 8. The van der Waals surface area contributed by atoms with Crippen molar-refractivity contribution < 1.29 is 19.0 Å². The van der Waals surface area contributed by atoms with Crippen LogP contribution in [-0.4, -0.2) is 45.5 Å². The second-order valence-electron chi connectivity index (χ2n) is 8.40. The summed E-state index contributed by atoms with van der Waals surface area (Å²) in [6, 6.07) is 12.4. The van der Waals surface area contributed by atoms with Gasteiger partial charge in [0, 0.05) is 25.3 Å². The lowest BCUT2D eigenvalue weighted by molar-refractivity contribution is -0.139. The number of fused-ring (bicyclic) bond motifs is 1. The molecule has 188 valence electrons. The van der Waals surface area contributed by atoms with Crippen molar-refractivity contribution in [2.45, 2.75) is 19.9 Å². The van der Waals surface area contributed by atoms with Crippen molar-refractivity contribution >= 4 is 29.1 Å². The number of esters is 1. The fourth-order valence-electron chi connectivity index (χ4n) is 4.16. The molecule has 0 spiro atoms. The number of thiazole rings is 1. The third-order valence-electron chi connectivity index (χ3n) is 5.96. The molecule has 36 heavy (non-hydrogen) atoms. The molecule has 9 heteroatoms. The molecule has 2 heterocycles. The van der Waals surface area contributed by atoms with E-state index in [4.69, 9.17) is 14.2 Å². The molecule has 0 amide bonds. The van der Waals surface area contributed by atoms with Gasteiger partial charge in [-0.3, -0.25) is 9.36 Å². The topological polar surface area (TPSA) is 82.4 Å². The van der Waals surface area contributed by atoms with Gasteiger partial charge in [-0.1, -0.05) is 23.5 Å². The van der Waals surface area contributed by atoms with E-state index in [1.54, 1.807) is 50.8 Å². The largest absolute Gasteiger partial charge is 0.497 e. The van der Waals surface area contributed by atoms with Crippen LogP contribution in [0.25, 0.3) is 6.08 Å². The Labute approximate surface area is 213 Å². The van der Waals surface area contributed by atoms with Crippen molar-refractivity contribution in [1.29, 1.82) is 0 Å². The Hall–Kier alpha value is -3.85. The molecule has 1 aliphatic rings. The summed E-state index contributed by atoms with van der Waals surface area (Å²) >= 11 is 1.28. The molecule has 0 bridgehead atoms. The van der Waals surface area contributed by atoms with Gasteiger partial charge in [0.05, 0.1) is 36.6 Å². The first-order valence-corrected chi connectivity index (χ1v) is 12.3. The van der Waals surface area contributed by atoms with Crippen LogP contribution < -0.4 is 29.3 Å². The number of rotatable bonds is 7. The van der Waals surface area contributed by atoms with Gasteiger partial charge < -0.3 is 19.1 Å². The van der Waals surface area contributed by atoms with Crippen LogP contribution in [0.1, 0.15) is 31.0 Å². The number of hydrogen-bond donors (Lipinski definition) is 0. The Morgan fingerprint density at radius 3 is 2.47 bits per heavy atom. The molecule has 1 aromatic heterocycles. The minimum Gasteiger partial charge on any atom is -0.497 e. The van der Waals surface area contributed by atoms with E-state index in [1.165, 1.54) is 11.3 Å². The quantitative estimate of drug-likeness (QED) is 0.458. The second-order valence-corrected chi connectivity index (χ2v) is 9.41. The third-order valence-corrected chi connectivity index (χ3v) is 6.94. The van der Waals surface area contributed by atoms with Crippen molar-refractivity contribution in [1.82, 2.24) is 4.57 Å². The number of nitrogens with zero attached hydrogens (tertiary/aromatic N) is 3. The van der Waals surface area contributed by atoms with E-state index >= 15 is 0 Å². The molecule has 0 unspecified atom stereocenters. The molecule has 1 atom stereocenters. The third kappa shape index (κ3) is 4.66. The zero-order valence-corrected chi connectivity index (χ0v) is 22.0. The number of methoxy groups -OCH3 is 2. The molecule has 0 aliphatic carbocycles. The van der Waals surface area contributed by atoms with E-state index in [0.717, 1.165) is 11.3 Å². The zero-order chi connectivity index (χ0) is 26.0. The van der Waals surface area contributed by atoms with Crippen molar-refractivity contribution in [2.24, 2.45) is 4.99 Å². The predicted molar refractivity (Wildman–Crippen MR) is 141 cm³/mol. The summed E-state index contributed by atoms with van der Waals surface area (Å²) in [7, 11) is 7.06. The number of benzene rings is 2. The highest BCUT2D eigenvalue weighted by Crippen LogP contribution is 2.37. The standard InChI is InChI=1S/C27H29N3O5S/c1-7-35-26(32)23-16(2)28-27-30(24(23)20-15-19(33-5)12-13-21(20)34-6)25(31)22(36-27)14-17-8-10-18(11-9-17)29(3)4/h8-15,24H,7H2,1-6H3/b22-14-/t24-/m0/s1. The zero-order valence-electron chi connectivity index (χ0n) is 21.2. The van der Waals surface area contributed by atoms with Crippen LogP contribution >= 0.6 is 11.3 Å². The monoisotopic (exact) mass is 507 g/mol. The van der Waals surface area contributed by atoms with Gasteiger partial charge in [0.2, 0.25) is 0 Å². The average molecular weight is 508 g/mol. The molecule has 0 fully saturated rings. The minimum atomic E-state index is -0.788. The van der Waals surface area contributed by atoms with Crippen molar-refractivity contribution in [3.05, 3.63) is 84.5 Å². The van der Waals surface area contributed by atoms with Gasteiger partial charge in [-0.15, -0.1) is 0 Å². The second kappa shape index (κ2) is 10.4. The van der Waals surface area contributed by atoms with Crippen LogP contribution in [-0.2, 0) is 9.53 Å². The molecule has 2 aromatic carbocycles. The summed E-state index contributed by atoms with van der Waals surface area (Å²) in [5.41, 5.74) is 3.09. The Morgan fingerprint density at radius 1 is 1.14 bits per heavy atom. The lowest BCUT2D eigenvalue weighted by Gasteiger charge is -2.26. The van der Waals surface area contributed by atoms with E-state index in [2.05, 4.69) is 4.99 Å². The van der Waals surface area contributed by atoms with Crippen molar-refractivity contribution in [3.8, 4) is 11.5 Å². The first-order valence-electron chi connectivity index (χ1n) is 11.5. The van der Waals surface area contributed by atoms with Crippen LogP contribution in [0.5, 0.6) is 11.5 Å². The van der Waals surface area contributed by atoms with Crippen LogP contribution in [0.3, 0.4) is 0 Å². The molecule has 0 N–H and O–H groups in total. The average Bonchev–Trinajstić information content (AvgIpc) is 3.17. The van der Waals surface area contributed by atoms with Gasteiger partial charge in [-0.05, 0) is 55.8 Å². The minimum absolute atomic E-state index is 0.199. The first kappa shape index (κ1) is 25.2. The van der Waals surface area contributed by atoms with Crippen molar-refractivity contribution in [3.63, 3.8) is 0 Å². The Morgan fingerprint density at radius 2 is 1.86 bits per heavy atom. The van der Waals surface area contributed by atoms with E-state index < -0.39 is 12.0 Å². The highest BCUT2D eigenvalue weighted by Gasteiger charge is 2.35. The SMILES string of the molecule is CCOC(=O)C1=C(C)N=c2s/c(=C\c3ccc(N(C)C)cc3)c(=O)n2[C@H]1c1cc(OC)ccc1OC. The van der Waals surface area contributed by atoms with Crippen LogP contribution in [0.4, 0.5) is 5.69 Å². The predicted octanol–water partition coefficient (Wildman–Crippen LogP) is 2.88. The molecule has 0 saturated carbocycles. The maximum absolute atomic E-state index is 13.8. The Balaban J connectivity index is 1.96. The molecule has 1 aliphatic heterocycles. The normalized spacial score (nSPS) is 15.3. The molecule has 8 nitrogen and oxygen atoms in total. The smallest absolute Gasteiger partial charge is 0.338 e. The molecule has 4 rings (SSSR count). The fraction of sp³-hybridized carbons (Fsp3) is 0.296. The molecule has 0 radical (unpaired) electrons. The number of allylic oxidation sites excluding steroid dienone is 1. The number of anilines is 1. The number of carbonyl (C=O) groups excluding carboxylic acids is 1. The van der Waals surface area contributed by atoms with Gasteiger partial charge in [0.25, 0.3) is 5.56 Å². The van der Waals surface area contributed by atoms with Gasteiger partial charge in [0.1, 0.15) is 17.5 Å².